The molecule has 0 aliphatic rings. The minimum absolute atomic E-state index is 0.0273. The molecule has 0 radical (unpaired) electrons. The van der Waals surface area contributed by atoms with Gasteiger partial charge in [-0.3, -0.25) is 4.79 Å². The number of carbonyl (C=O) groups is 1. The Kier molecular flexibility index (Phi) is 3.90. The maximum Gasteiger partial charge on any atom is 0.161 e. The summed E-state index contributed by atoms with van der Waals surface area (Å²) in [5, 5.41) is 3.27. The van der Waals surface area contributed by atoms with Gasteiger partial charge < -0.3 is 11.1 Å². The van der Waals surface area contributed by atoms with E-state index in [9.17, 15) is 4.79 Å². The van der Waals surface area contributed by atoms with E-state index >= 15 is 0 Å². The number of Topliss-reactive ketones (excluding diaryl/α,β-unsaturated/α-hetero) is 1. The molecule has 2 rings (SSSR count). The van der Waals surface area contributed by atoms with Crippen LogP contribution in [-0.4, -0.2) is 5.78 Å². The van der Waals surface area contributed by atoms with E-state index in [2.05, 4.69) is 21.2 Å². The van der Waals surface area contributed by atoms with E-state index in [0.717, 1.165) is 15.8 Å². The summed E-state index contributed by atoms with van der Waals surface area (Å²) in [6, 6.07) is 11.4. The number of nitrogens with two attached hydrogens (primary N) is 1. The number of carbonyl (C=O) groups excluding carboxylic acids is 1. The van der Waals surface area contributed by atoms with Crippen molar-refractivity contribution in [1.29, 1.82) is 0 Å². The van der Waals surface area contributed by atoms with Gasteiger partial charge >= 0.3 is 0 Å². The number of ketones is 1. The lowest BCUT2D eigenvalue weighted by atomic mass is 10.1. The first-order valence-corrected chi connectivity index (χ1v) is 6.70. The van der Waals surface area contributed by atoms with Crippen molar-refractivity contribution in [2.24, 2.45) is 0 Å². The lowest BCUT2D eigenvalue weighted by Crippen LogP contribution is -2.01. The number of aryl methyl sites for hydroxylation is 1. The van der Waals surface area contributed by atoms with E-state index < -0.39 is 0 Å². The maximum absolute atomic E-state index is 11.3. The molecule has 3 nitrogen and oxygen atoms in total. The SMILES string of the molecule is CC(=O)c1ccc(Nc2ccc(C)cc2Br)cc1N. The fourth-order valence-corrected chi connectivity index (χ4v) is 2.43. The lowest BCUT2D eigenvalue weighted by molar-refractivity contribution is 0.101. The van der Waals surface area contributed by atoms with Crippen LogP contribution < -0.4 is 11.1 Å². The predicted octanol–water partition coefficient (Wildman–Crippen LogP) is 4.29. The van der Waals surface area contributed by atoms with Gasteiger partial charge in [0.05, 0.1) is 5.69 Å². The van der Waals surface area contributed by atoms with Gasteiger partial charge in [-0.05, 0) is 65.7 Å². The van der Waals surface area contributed by atoms with Crippen LogP contribution in [0.4, 0.5) is 17.1 Å². The molecule has 3 N–H and O–H groups in total. The second-order valence-corrected chi connectivity index (χ2v) is 5.32. The van der Waals surface area contributed by atoms with Crippen molar-refractivity contribution in [3.63, 3.8) is 0 Å². The number of hydrogen-bond acceptors (Lipinski definition) is 3. The van der Waals surface area contributed by atoms with Gasteiger partial charge in [-0.2, -0.15) is 0 Å². The number of halogens is 1. The molecule has 0 bridgehead atoms. The molecule has 0 amide bonds. The second kappa shape index (κ2) is 5.45. The topological polar surface area (TPSA) is 55.1 Å². The van der Waals surface area contributed by atoms with E-state index in [1.165, 1.54) is 12.5 Å². The lowest BCUT2D eigenvalue weighted by Gasteiger charge is -2.11. The number of benzene rings is 2. The van der Waals surface area contributed by atoms with Crippen LogP contribution in [-0.2, 0) is 0 Å². The summed E-state index contributed by atoms with van der Waals surface area (Å²) >= 11 is 3.51. The quantitative estimate of drug-likeness (QED) is 0.655. The largest absolute Gasteiger partial charge is 0.398 e. The van der Waals surface area contributed by atoms with Gasteiger partial charge in [-0.1, -0.05) is 6.07 Å². The first-order chi connectivity index (χ1) is 8.97. The third kappa shape index (κ3) is 3.15. The highest BCUT2D eigenvalue weighted by atomic mass is 79.9. The Bertz CT molecular complexity index is 638. The number of anilines is 3. The van der Waals surface area contributed by atoms with Crippen LogP contribution in [0.3, 0.4) is 0 Å². The molecule has 4 heteroatoms. The molecule has 0 spiro atoms. The zero-order valence-electron chi connectivity index (χ0n) is 10.8. The Morgan fingerprint density at radius 1 is 1.21 bits per heavy atom. The zero-order valence-corrected chi connectivity index (χ0v) is 12.4. The summed E-state index contributed by atoms with van der Waals surface area (Å²) in [5.41, 5.74) is 9.90. The van der Waals surface area contributed by atoms with Crippen molar-refractivity contribution in [1.82, 2.24) is 0 Å². The predicted molar refractivity (Wildman–Crippen MR) is 83.0 cm³/mol. The highest BCUT2D eigenvalue weighted by Gasteiger charge is 2.06. The fraction of sp³-hybridized carbons (Fsp3) is 0.133. The normalized spacial score (nSPS) is 10.3. The smallest absolute Gasteiger partial charge is 0.161 e. The average Bonchev–Trinajstić information content (AvgIpc) is 2.32. The van der Waals surface area contributed by atoms with Crippen LogP contribution in [0.5, 0.6) is 0 Å². The third-order valence-electron chi connectivity index (χ3n) is 2.83. The Hall–Kier alpha value is -1.81. The average molecular weight is 319 g/mol. The summed E-state index contributed by atoms with van der Waals surface area (Å²) in [6.45, 7) is 3.55. The van der Waals surface area contributed by atoms with Gasteiger partial charge in [-0.25, -0.2) is 0 Å². The molecule has 0 aliphatic heterocycles. The minimum Gasteiger partial charge on any atom is -0.398 e. The van der Waals surface area contributed by atoms with E-state index in [0.29, 0.717) is 11.3 Å². The third-order valence-corrected chi connectivity index (χ3v) is 3.49. The van der Waals surface area contributed by atoms with Crippen molar-refractivity contribution in [3.05, 3.63) is 52.0 Å². The zero-order chi connectivity index (χ0) is 14.0. The highest BCUT2D eigenvalue weighted by Crippen LogP contribution is 2.28. The van der Waals surface area contributed by atoms with Crippen molar-refractivity contribution >= 4 is 38.8 Å². The highest BCUT2D eigenvalue weighted by molar-refractivity contribution is 9.10. The molecular formula is C15H15BrN2O. The molecule has 0 aromatic heterocycles. The summed E-state index contributed by atoms with van der Waals surface area (Å²) in [7, 11) is 0. The van der Waals surface area contributed by atoms with Crippen LogP contribution in [0.2, 0.25) is 0 Å². The van der Waals surface area contributed by atoms with Crippen molar-refractivity contribution in [3.8, 4) is 0 Å². The van der Waals surface area contributed by atoms with E-state index in [1.807, 2.05) is 31.2 Å². The van der Waals surface area contributed by atoms with Crippen molar-refractivity contribution in [2.45, 2.75) is 13.8 Å². The summed E-state index contributed by atoms with van der Waals surface area (Å²) < 4.78 is 0.988. The molecule has 0 saturated carbocycles. The Morgan fingerprint density at radius 2 is 1.95 bits per heavy atom. The summed E-state index contributed by atoms with van der Waals surface area (Å²) in [5.74, 6) is -0.0273. The van der Waals surface area contributed by atoms with E-state index in [-0.39, 0.29) is 5.78 Å². The molecule has 19 heavy (non-hydrogen) atoms. The number of nitrogen functional groups attached to an aromatic ring is 1. The molecule has 0 fully saturated rings. The van der Waals surface area contributed by atoms with Gasteiger partial charge in [0, 0.05) is 21.4 Å². The molecule has 0 heterocycles. The molecule has 98 valence electrons. The monoisotopic (exact) mass is 318 g/mol. The fourth-order valence-electron chi connectivity index (χ4n) is 1.84. The summed E-state index contributed by atoms with van der Waals surface area (Å²) in [6.07, 6.45) is 0. The Morgan fingerprint density at radius 3 is 2.53 bits per heavy atom. The van der Waals surface area contributed by atoms with E-state index in [1.54, 1.807) is 12.1 Å². The maximum atomic E-state index is 11.3. The van der Waals surface area contributed by atoms with Gasteiger partial charge in [0.25, 0.3) is 0 Å². The van der Waals surface area contributed by atoms with Crippen LogP contribution in [0.15, 0.2) is 40.9 Å². The molecular weight excluding hydrogens is 304 g/mol. The first kappa shape index (κ1) is 13.6. The molecule has 2 aromatic carbocycles. The van der Waals surface area contributed by atoms with Crippen LogP contribution >= 0.6 is 15.9 Å². The number of nitrogens with one attached hydrogen (secondary N) is 1. The van der Waals surface area contributed by atoms with Crippen molar-refractivity contribution in [2.75, 3.05) is 11.1 Å². The Labute approximate surface area is 121 Å². The van der Waals surface area contributed by atoms with Gasteiger partial charge in [0.2, 0.25) is 0 Å². The van der Waals surface area contributed by atoms with Crippen LogP contribution in [0, 0.1) is 6.92 Å². The van der Waals surface area contributed by atoms with Crippen LogP contribution in [0.1, 0.15) is 22.8 Å². The minimum atomic E-state index is -0.0273. The van der Waals surface area contributed by atoms with Gasteiger partial charge in [-0.15, -0.1) is 0 Å². The molecule has 0 unspecified atom stereocenters. The number of hydrogen-bond donors (Lipinski definition) is 2. The standard InChI is InChI=1S/C15H15BrN2O/c1-9-3-6-15(13(16)7-9)18-11-4-5-12(10(2)19)14(17)8-11/h3-8,18H,17H2,1-2H3. The van der Waals surface area contributed by atoms with Crippen molar-refractivity contribution < 1.29 is 4.79 Å². The summed E-state index contributed by atoms with van der Waals surface area (Å²) in [4.78, 5) is 11.3. The molecule has 2 aromatic rings. The van der Waals surface area contributed by atoms with E-state index in [4.69, 9.17) is 5.73 Å². The van der Waals surface area contributed by atoms with Gasteiger partial charge in [0.15, 0.2) is 5.78 Å². The first-order valence-electron chi connectivity index (χ1n) is 5.91. The van der Waals surface area contributed by atoms with Crippen LogP contribution in [0.25, 0.3) is 0 Å². The second-order valence-electron chi connectivity index (χ2n) is 4.47. The van der Waals surface area contributed by atoms with Gasteiger partial charge in [0.1, 0.15) is 0 Å². The molecule has 0 atom stereocenters. The molecule has 0 saturated heterocycles. The Balaban J connectivity index is 2.29. The molecule has 0 aliphatic carbocycles. The number of rotatable bonds is 3.